The summed E-state index contributed by atoms with van der Waals surface area (Å²) >= 11 is 0. The van der Waals surface area contributed by atoms with Crippen molar-refractivity contribution in [3.8, 4) is 16.9 Å². The summed E-state index contributed by atoms with van der Waals surface area (Å²) in [6, 6.07) is 18.1. The van der Waals surface area contributed by atoms with Gasteiger partial charge in [0.05, 0.1) is 11.3 Å². The predicted molar refractivity (Wildman–Crippen MR) is 108 cm³/mol. The van der Waals surface area contributed by atoms with E-state index in [4.69, 9.17) is 5.11 Å². The third kappa shape index (κ3) is 3.82. The molecule has 30 heavy (non-hydrogen) atoms. The van der Waals surface area contributed by atoms with Crippen molar-refractivity contribution in [3.05, 3.63) is 90.1 Å². The van der Waals surface area contributed by atoms with Crippen LogP contribution in [0.15, 0.2) is 79.0 Å². The van der Waals surface area contributed by atoms with Crippen LogP contribution in [0, 0.1) is 0 Å². The van der Waals surface area contributed by atoms with Gasteiger partial charge in [-0.3, -0.25) is 0 Å². The Bertz CT molecular complexity index is 1270. The van der Waals surface area contributed by atoms with Crippen molar-refractivity contribution in [3.63, 3.8) is 0 Å². The molecular formula is C23H15F3N2O2. The van der Waals surface area contributed by atoms with E-state index in [-0.39, 0.29) is 5.69 Å². The molecule has 0 atom stereocenters. The summed E-state index contributed by atoms with van der Waals surface area (Å²) in [5.74, 6) is -1.13. The maximum atomic E-state index is 13.1. The van der Waals surface area contributed by atoms with E-state index in [0.29, 0.717) is 11.3 Å². The largest absolute Gasteiger partial charge is 0.478 e. The minimum atomic E-state index is -4.48. The number of benzene rings is 3. The van der Waals surface area contributed by atoms with Crippen molar-refractivity contribution in [1.82, 2.24) is 9.78 Å². The number of carboxylic acids is 1. The minimum Gasteiger partial charge on any atom is -0.478 e. The summed E-state index contributed by atoms with van der Waals surface area (Å²) in [4.78, 5) is 11.0. The molecule has 0 bridgehead atoms. The molecule has 0 amide bonds. The Balaban J connectivity index is 1.91. The van der Waals surface area contributed by atoms with Gasteiger partial charge in [0.2, 0.25) is 0 Å². The van der Waals surface area contributed by atoms with Gasteiger partial charge >= 0.3 is 12.1 Å². The first-order chi connectivity index (χ1) is 14.3. The highest BCUT2D eigenvalue weighted by atomic mass is 19.4. The summed E-state index contributed by atoms with van der Waals surface area (Å²) in [5, 5.41) is 15.4. The van der Waals surface area contributed by atoms with Gasteiger partial charge in [-0.2, -0.15) is 18.3 Å². The third-order valence-corrected chi connectivity index (χ3v) is 4.63. The van der Waals surface area contributed by atoms with E-state index < -0.39 is 17.7 Å². The summed E-state index contributed by atoms with van der Waals surface area (Å²) in [7, 11) is 0. The molecule has 0 aliphatic rings. The van der Waals surface area contributed by atoms with E-state index in [1.165, 1.54) is 29.1 Å². The Hall–Kier alpha value is -3.87. The molecule has 1 heterocycles. The van der Waals surface area contributed by atoms with E-state index in [1.54, 1.807) is 0 Å². The molecule has 0 unspecified atom stereocenters. The highest BCUT2D eigenvalue weighted by Crippen LogP contribution is 2.33. The summed E-state index contributed by atoms with van der Waals surface area (Å²) in [5.41, 5.74) is 1.14. The van der Waals surface area contributed by atoms with Gasteiger partial charge in [0.25, 0.3) is 0 Å². The van der Waals surface area contributed by atoms with E-state index in [0.717, 1.165) is 34.5 Å². The standard InChI is InChI=1S/C23H15F3N2O2/c24-23(25,26)17-7-4-8-18(13-17)28-14-16(11-12-21(29)30)22(27-28)20-10-3-6-15-5-1-2-9-19(15)20/h1-14H,(H,29,30)/b12-11+. The number of rotatable bonds is 4. The number of nitrogens with zero attached hydrogens (tertiary/aromatic N) is 2. The lowest BCUT2D eigenvalue weighted by atomic mass is 10.00. The SMILES string of the molecule is O=C(O)/C=C/c1cn(-c2cccc(C(F)(F)F)c2)nc1-c1cccc2ccccc12. The second kappa shape index (κ2) is 7.51. The van der Waals surface area contributed by atoms with Gasteiger partial charge in [-0.1, -0.05) is 48.5 Å². The number of fused-ring (bicyclic) bond motifs is 1. The first-order valence-corrected chi connectivity index (χ1v) is 8.99. The van der Waals surface area contributed by atoms with Crippen molar-refractivity contribution < 1.29 is 23.1 Å². The van der Waals surface area contributed by atoms with E-state index in [9.17, 15) is 18.0 Å². The van der Waals surface area contributed by atoms with Gasteiger partial charge in [0.15, 0.2) is 0 Å². The van der Waals surface area contributed by atoms with Crippen molar-refractivity contribution in [2.45, 2.75) is 6.18 Å². The maximum Gasteiger partial charge on any atom is 0.416 e. The smallest absolute Gasteiger partial charge is 0.416 e. The van der Waals surface area contributed by atoms with Crippen LogP contribution in [0.4, 0.5) is 13.2 Å². The minimum absolute atomic E-state index is 0.223. The summed E-state index contributed by atoms with van der Waals surface area (Å²) in [6.45, 7) is 0. The monoisotopic (exact) mass is 408 g/mol. The van der Waals surface area contributed by atoms with Crippen LogP contribution in [0.5, 0.6) is 0 Å². The van der Waals surface area contributed by atoms with Crippen LogP contribution < -0.4 is 0 Å². The Morgan fingerprint density at radius 1 is 1.00 bits per heavy atom. The zero-order valence-electron chi connectivity index (χ0n) is 15.5. The molecule has 0 saturated carbocycles. The molecular weight excluding hydrogens is 393 g/mol. The molecule has 3 aromatic carbocycles. The van der Waals surface area contributed by atoms with Crippen LogP contribution in [-0.2, 0) is 11.0 Å². The molecule has 4 aromatic rings. The molecule has 1 aromatic heterocycles. The van der Waals surface area contributed by atoms with Crippen molar-refractivity contribution in [2.75, 3.05) is 0 Å². The highest BCUT2D eigenvalue weighted by molar-refractivity contribution is 5.98. The Morgan fingerprint density at radius 3 is 2.50 bits per heavy atom. The average molecular weight is 408 g/mol. The number of aliphatic carboxylic acids is 1. The molecule has 0 radical (unpaired) electrons. The van der Waals surface area contributed by atoms with Crippen molar-refractivity contribution in [1.29, 1.82) is 0 Å². The quantitative estimate of drug-likeness (QED) is 0.434. The predicted octanol–water partition coefficient (Wildman–Crippen LogP) is 5.81. The lowest BCUT2D eigenvalue weighted by Crippen LogP contribution is -2.06. The van der Waals surface area contributed by atoms with Gasteiger partial charge in [-0.15, -0.1) is 0 Å². The van der Waals surface area contributed by atoms with Gasteiger partial charge < -0.3 is 5.11 Å². The van der Waals surface area contributed by atoms with Crippen molar-refractivity contribution >= 4 is 22.8 Å². The number of alkyl halides is 3. The van der Waals surface area contributed by atoms with E-state index in [1.807, 2.05) is 42.5 Å². The van der Waals surface area contributed by atoms with Crippen LogP contribution in [-0.4, -0.2) is 20.9 Å². The molecule has 0 spiro atoms. The van der Waals surface area contributed by atoms with E-state index >= 15 is 0 Å². The Labute approximate surface area is 169 Å². The molecule has 1 N–H and O–H groups in total. The summed E-state index contributed by atoms with van der Waals surface area (Å²) in [6.07, 6.45) is -0.599. The highest BCUT2D eigenvalue weighted by Gasteiger charge is 2.30. The van der Waals surface area contributed by atoms with Crippen LogP contribution in [0.1, 0.15) is 11.1 Å². The molecule has 0 saturated heterocycles. The molecule has 4 nitrogen and oxygen atoms in total. The number of aromatic nitrogens is 2. The molecule has 0 aliphatic carbocycles. The number of carbonyl (C=O) groups is 1. The zero-order valence-corrected chi connectivity index (χ0v) is 15.5. The normalized spacial score (nSPS) is 12.0. The zero-order chi connectivity index (χ0) is 21.3. The fraction of sp³-hybridized carbons (Fsp3) is 0.0435. The fourth-order valence-corrected chi connectivity index (χ4v) is 3.27. The van der Waals surface area contributed by atoms with Gasteiger partial charge in [-0.05, 0) is 35.0 Å². The van der Waals surface area contributed by atoms with E-state index in [2.05, 4.69) is 5.10 Å². The second-order valence-corrected chi connectivity index (χ2v) is 6.62. The maximum absolute atomic E-state index is 13.1. The van der Waals surface area contributed by atoms with Crippen LogP contribution in [0.25, 0.3) is 33.8 Å². The summed E-state index contributed by atoms with van der Waals surface area (Å²) < 4.78 is 40.7. The van der Waals surface area contributed by atoms with Crippen molar-refractivity contribution in [2.24, 2.45) is 0 Å². The van der Waals surface area contributed by atoms with Gasteiger partial charge in [-0.25, -0.2) is 9.48 Å². The van der Waals surface area contributed by atoms with Gasteiger partial charge in [0.1, 0.15) is 5.69 Å². The Morgan fingerprint density at radius 2 is 1.73 bits per heavy atom. The number of carboxylic acid groups (broad SMARTS) is 1. The Kier molecular flexibility index (Phi) is 4.87. The molecule has 150 valence electrons. The topological polar surface area (TPSA) is 55.1 Å². The fourth-order valence-electron chi connectivity index (χ4n) is 3.27. The lowest BCUT2D eigenvalue weighted by Gasteiger charge is -2.08. The van der Waals surface area contributed by atoms with Crippen LogP contribution >= 0.6 is 0 Å². The van der Waals surface area contributed by atoms with Crippen LogP contribution in [0.2, 0.25) is 0 Å². The molecule has 0 aliphatic heterocycles. The number of hydrogen-bond acceptors (Lipinski definition) is 2. The number of hydrogen-bond donors (Lipinski definition) is 1. The van der Waals surface area contributed by atoms with Gasteiger partial charge in [0, 0.05) is 23.4 Å². The van der Waals surface area contributed by atoms with Crippen LogP contribution in [0.3, 0.4) is 0 Å². The second-order valence-electron chi connectivity index (χ2n) is 6.62. The molecule has 4 rings (SSSR count). The lowest BCUT2D eigenvalue weighted by molar-refractivity contribution is -0.137. The third-order valence-electron chi connectivity index (χ3n) is 4.63. The first kappa shape index (κ1) is 19.4. The first-order valence-electron chi connectivity index (χ1n) is 8.99. The molecule has 0 fully saturated rings. The number of halogens is 3. The molecule has 7 heteroatoms. The average Bonchev–Trinajstić information content (AvgIpc) is 3.15.